The number of ketones is 1. The molecule has 0 aromatic heterocycles. The van der Waals surface area contributed by atoms with Crippen molar-refractivity contribution in [3.05, 3.63) is 0 Å². The van der Waals surface area contributed by atoms with Gasteiger partial charge in [-0.05, 0) is 6.42 Å². The fraction of sp³-hybridized carbons (Fsp3) is 0.867. The van der Waals surface area contributed by atoms with Crippen LogP contribution in [0, 0.1) is 0 Å². The van der Waals surface area contributed by atoms with Gasteiger partial charge < -0.3 is 11.8 Å². The van der Waals surface area contributed by atoms with Crippen LogP contribution in [0.15, 0.2) is 0 Å². The molecular formula is C15H30NNaO3. The first-order chi connectivity index (χ1) is 9.16. The number of Topliss-reactive ketones (excluding diaryl/α,β-unsaturated/α-hetero) is 1. The number of hydrogen-bond donors (Lipinski definition) is 2. The zero-order chi connectivity index (χ0) is 14.3. The van der Waals surface area contributed by atoms with Gasteiger partial charge in [0.25, 0.3) is 0 Å². The van der Waals surface area contributed by atoms with Crippen molar-refractivity contribution in [2.24, 2.45) is 0 Å². The predicted octanol–water partition coefficient (Wildman–Crippen LogP) is 0.267. The van der Waals surface area contributed by atoms with Crippen LogP contribution in [0.2, 0.25) is 0 Å². The molecule has 4 nitrogen and oxygen atoms in total. The van der Waals surface area contributed by atoms with Gasteiger partial charge in [-0.25, -0.2) is 0 Å². The molecule has 20 heavy (non-hydrogen) atoms. The van der Waals surface area contributed by atoms with E-state index in [0.717, 1.165) is 12.8 Å². The van der Waals surface area contributed by atoms with Gasteiger partial charge in [0, 0.05) is 6.42 Å². The topological polar surface area (TPSA) is 66.4 Å². The van der Waals surface area contributed by atoms with Crippen LogP contribution in [-0.4, -0.2) is 29.9 Å². The molecule has 0 aliphatic heterocycles. The molecule has 114 valence electrons. The molecule has 0 aliphatic rings. The monoisotopic (exact) mass is 295 g/mol. The second kappa shape index (κ2) is 17.2. The fourth-order valence-electron chi connectivity index (χ4n) is 2.03. The Labute approximate surface area is 146 Å². The Morgan fingerprint density at radius 3 is 1.90 bits per heavy atom. The molecule has 0 unspecified atom stereocenters. The van der Waals surface area contributed by atoms with Gasteiger partial charge in [-0.15, -0.1) is 0 Å². The number of unbranched alkanes of at least 4 members (excludes halogenated alkanes) is 8. The van der Waals surface area contributed by atoms with Gasteiger partial charge in [0.1, 0.15) is 5.78 Å². The Hall–Kier alpha value is 0.100. The minimum absolute atomic E-state index is 0. The first-order valence-electron chi connectivity index (χ1n) is 7.61. The Kier molecular flexibility index (Phi) is 19.2. The maximum atomic E-state index is 11.4. The molecule has 0 rings (SSSR count). The van der Waals surface area contributed by atoms with Crippen molar-refractivity contribution in [2.45, 2.75) is 71.1 Å². The minimum atomic E-state index is -0.920. The van der Waals surface area contributed by atoms with Crippen LogP contribution in [0.5, 0.6) is 0 Å². The van der Waals surface area contributed by atoms with Crippen LogP contribution in [0.4, 0.5) is 0 Å². The quantitative estimate of drug-likeness (QED) is 0.356. The Morgan fingerprint density at radius 1 is 0.900 bits per heavy atom. The average molecular weight is 295 g/mol. The summed E-state index contributed by atoms with van der Waals surface area (Å²) in [6.45, 7) is 2.27. The van der Waals surface area contributed by atoms with Gasteiger partial charge in [-0.2, -0.15) is 0 Å². The van der Waals surface area contributed by atoms with E-state index in [-0.39, 0.29) is 49.9 Å². The third-order valence-corrected chi connectivity index (χ3v) is 3.16. The molecule has 0 aliphatic carbocycles. The first kappa shape index (κ1) is 22.4. The maximum Gasteiger partial charge on any atom is 1.00 e. The molecule has 2 N–H and O–H groups in total. The van der Waals surface area contributed by atoms with E-state index in [1.807, 2.05) is 0 Å². The summed E-state index contributed by atoms with van der Waals surface area (Å²) >= 11 is 0. The van der Waals surface area contributed by atoms with Crippen molar-refractivity contribution in [3.63, 3.8) is 0 Å². The second-order valence-corrected chi connectivity index (χ2v) is 5.11. The van der Waals surface area contributed by atoms with E-state index in [2.05, 4.69) is 12.2 Å². The molecule has 0 saturated heterocycles. The predicted molar refractivity (Wildman–Crippen MR) is 78.5 cm³/mol. The molecule has 0 amide bonds. The molecular weight excluding hydrogens is 265 g/mol. The Morgan fingerprint density at radius 2 is 1.40 bits per heavy atom. The molecule has 0 heterocycles. The molecule has 0 bridgehead atoms. The maximum absolute atomic E-state index is 11.4. The molecule has 0 aromatic rings. The van der Waals surface area contributed by atoms with Crippen molar-refractivity contribution in [2.75, 3.05) is 13.1 Å². The SMILES string of the molecule is CCCCCCCCCCCC(=O)CNCC(=O)O.[H-].[Na+]. The van der Waals surface area contributed by atoms with Crippen LogP contribution in [-0.2, 0) is 9.59 Å². The summed E-state index contributed by atoms with van der Waals surface area (Å²) in [5.74, 6) is -0.805. The number of rotatable bonds is 14. The van der Waals surface area contributed by atoms with E-state index in [1.54, 1.807) is 0 Å². The van der Waals surface area contributed by atoms with E-state index >= 15 is 0 Å². The van der Waals surface area contributed by atoms with Gasteiger partial charge in [0.15, 0.2) is 0 Å². The van der Waals surface area contributed by atoms with Crippen molar-refractivity contribution in [1.82, 2.24) is 5.32 Å². The molecule has 0 radical (unpaired) electrons. The number of carboxylic acid groups (broad SMARTS) is 1. The number of hydrogen-bond acceptors (Lipinski definition) is 3. The summed E-state index contributed by atoms with van der Waals surface area (Å²) in [6.07, 6.45) is 11.7. The minimum Gasteiger partial charge on any atom is -1.00 e. The van der Waals surface area contributed by atoms with Crippen LogP contribution in [0.25, 0.3) is 0 Å². The van der Waals surface area contributed by atoms with E-state index in [0.29, 0.717) is 6.42 Å². The summed E-state index contributed by atoms with van der Waals surface area (Å²) in [4.78, 5) is 21.6. The summed E-state index contributed by atoms with van der Waals surface area (Å²) in [5.41, 5.74) is 0. The first-order valence-corrected chi connectivity index (χ1v) is 7.61. The molecule has 5 heteroatoms. The molecule has 0 aromatic carbocycles. The summed E-state index contributed by atoms with van der Waals surface area (Å²) in [7, 11) is 0. The standard InChI is InChI=1S/C15H29NO3.Na.H/c1-2-3-4-5-6-7-8-9-10-11-14(17)12-16-13-15(18)19;;/h16H,2-13H2,1H3,(H,18,19);;/q;+1;-1. The number of nitrogens with one attached hydrogen (secondary N) is 1. The largest absolute Gasteiger partial charge is 1.00 e. The van der Waals surface area contributed by atoms with Gasteiger partial charge >= 0.3 is 35.5 Å². The van der Waals surface area contributed by atoms with Gasteiger partial charge in [-0.3, -0.25) is 9.59 Å². The number of carboxylic acids is 1. The normalized spacial score (nSPS) is 10.1. The molecule has 0 spiro atoms. The van der Waals surface area contributed by atoms with Crippen molar-refractivity contribution in [3.8, 4) is 0 Å². The van der Waals surface area contributed by atoms with E-state index in [4.69, 9.17) is 5.11 Å². The van der Waals surface area contributed by atoms with Gasteiger partial charge in [0.2, 0.25) is 0 Å². The molecule has 0 fully saturated rings. The Bertz CT molecular complexity index is 253. The van der Waals surface area contributed by atoms with Crippen LogP contribution >= 0.6 is 0 Å². The van der Waals surface area contributed by atoms with Crippen LogP contribution in [0.3, 0.4) is 0 Å². The number of carbonyl (C=O) groups is 2. The number of carbonyl (C=O) groups excluding carboxylic acids is 1. The van der Waals surface area contributed by atoms with Crippen molar-refractivity contribution in [1.29, 1.82) is 0 Å². The second-order valence-electron chi connectivity index (χ2n) is 5.11. The van der Waals surface area contributed by atoms with E-state index in [1.165, 1.54) is 44.9 Å². The zero-order valence-corrected chi connectivity index (χ0v) is 15.2. The Balaban J connectivity index is -0.00000162. The fourth-order valence-corrected chi connectivity index (χ4v) is 2.03. The number of aliphatic carboxylic acids is 1. The third kappa shape index (κ3) is 18.1. The van der Waals surface area contributed by atoms with Gasteiger partial charge in [0.05, 0.1) is 13.1 Å². The van der Waals surface area contributed by atoms with Crippen LogP contribution in [0.1, 0.15) is 72.6 Å². The average Bonchev–Trinajstić information content (AvgIpc) is 2.36. The summed E-state index contributed by atoms with van der Waals surface area (Å²) < 4.78 is 0. The van der Waals surface area contributed by atoms with Crippen LogP contribution < -0.4 is 34.9 Å². The van der Waals surface area contributed by atoms with E-state index in [9.17, 15) is 9.59 Å². The smallest absolute Gasteiger partial charge is 1.00 e. The van der Waals surface area contributed by atoms with Crippen molar-refractivity contribution < 1.29 is 45.7 Å². The molecule has 0 saturated carbocycles. The summed E-state index contributed by atoms with van der Waals surface area (Å²) in [6, 6.07) is 0. The van der Waals surface area contributed by atoms with Gasteiger partial charge in [-0.1, -0.05) is 58.3 Å². The zero-order valence-electron chi connectivity index (χ0n) is 14.2. The van der Waals surface area contributed by atoms with Crippen molar-refractivity contribution >= 4 is 11.8 Å². The molecule has 0 atom stereocenters. The van der Waals surface area contributed by atoms with E-state index < -0.39 is 5.97 Å². The summed E-state index contributed by atoms with van der Waals surface area (Å²) in [5, 5.41) is 11.0. The third-order valence-electron chi connectivity index (χ3n) is 3.16.